The molecule has 0 atom stereocenters. The van der Waals surface area contributed by atoms with Crippen LogP contribution in [0.25, 0.3) is 0 Å². The molecule has 0 heterocycles. The van der Waals surface area contributed by atoms with Gasteiger partial charge in [0.15, 0.2) is 0 Å². The van der Waals surface area contributed by atoms with E-state index < -0.39 is 0 Å². The second-order valence-corrected chi connectivity index (χ2v) is 14.9. The molecule has 0 N–H and O–H groups in total. The van der Waals surface area contributed by atoms with Crippen molar-refractivity contribution in [3.8, 4) is 17.2 Å². The van der Waals surface area contributed by atoms with Crippen LogP contribution in [-0.4, -0.2) is 10.7 Å². The van der Waals surface area contributed by atoms with Crippen molar-refractivity contribution in [1.29, 1.82) is 0 Å². The van der Waals surface area contributed by atoms with Gasteiger partial charge in [-0.1, -0.05) is 52.6 Å². The van der Waals surface area contributed by atoms with Crippen LogP contribution in [0.5, 0.6) is 17.2 Å². The second kappa shape index (κ2) is 19.8. The Hall–Kier alpha value is -0.570. The van der Waals surface area contributed by atoms with E-state index in [-0.39, 0.29) is 0 Å². The first-order valence-corrected chi connectivity index (χ1v) is 19.8. The van der Waals surface area contributed by atoms with E-state index in [4.69, 9.17) is 14.2 Å². The highest BCUT2D eigenvalue weighted by Crippen LogP contribution is 2.33. The maximum Gasteiger partial charge on any atom is 0.119 e. The van der Waals surface area contributed by atoms with Gasteiger partial charge in [-0.05, 0) is 193 Å². The zero-order valence-corrected chi connectivity index (χ0v) is 34.3. The summed E-state index contributed by atoms with van der Waals surface area (Å²) in [5.41, 5.74) is 7.78. The molecule has 0 bridgehead atoms. The lowest BCUT2D eigenvalue weighted by Crippen LogP contribution is -2.17. The summed E-state index contributed by atoms with van der Waals surface area (Å²) in [6.07, 6.45) is 2.74. The molecule has 230 valence electrons. The van der Waals surface area contributed by atoms with Gasteiger partial charge in [0.25, 0.3) is 0 Å². The number of alkyl halides is 2. The van der Waals surface area contributed by atoms with Crippen LogP contribution in [0.15, 0.2) is 72.8 Å². The Kier molecular flexibility index (Phi) is 17.0. The Morgan fingerprint density at radius 3 is 0.837 bits per heavy atom. The first-order valence-electron chi connectivity index (χ1n) is 14.3. The molecule has 0 saturated carbocycles. The van der Waals surface area contributed by atoms with Crippen LogP contribution >= 0.6 is 99.6 Å². The van der Waals surface area contributed by atoms with Crippen molar-refractivity contribution in [2.24, 2.45) is 0 Å². The Balaban J connectivity index is 0.00000119. The topological polar surface area (TPSA) is 27.7 Å². The molecule has 3 nitrogen and oxygen atoms in total. The summed E-state index contributed by atoms with van der Waals surface area (Å²) in [5.74, 6) is 2.65. The highest BCUT2D eigenvalue weighted by molar-refractivity contribution is 14.1. The molecule has 0 aliphatic carbocycles. The van der Waals surface area contributed by atoms with E-state index in [1.54, 1.807) is 0 Å². The molecule has 0 aromatic heterocycles. The van der Waals surface area contributed by atoms with Gasteiger partial charge in [0.2, 0.25) is 0 Å². The molecular formula is C35H37Br2I3O3. The first kappa shape index (κ1) is 36.9. The van der Waals surface area contributed by atoms with Gasteiger partial charge in [0.1, 0.15) is 37.1 Å². The lowest BCUT2D eigenvalue weighted by atomic mass is 9.84. The van der Waals surface area contributed by atoms with Crippen LogP contribution in [0.1, 0.15) is 54.2 Å². The highest BCUT2D eigenvalue weighted by Gasteiger charge is 2.23. The van der Waals surface area contributed by atoms with Crippen molar-refractivity contribution in [3.63, 3.8) is 0 Å². The third-order valence-corrected chi connectivity index (χ3v) is 10.9. The minimum atomic E-state index is 0.518. The molecule has 8 heteroatoms. The summed E-state index contributed by atoms with van der Waals surface area (Å²) in [6.45, 7) is 8.26. The van der Waals surface area contributed by atoms with Crippen molar-refractivity contribution in [1.82, 2.24) is 0 Å². The normalized spacial score (nSPS) is 10.6. The average molecular weight is 1050 g/mol. The van der Waals surface area contributed by atoms with E-state index >= 15 is 0 Å². The summed E-state index contributed by atoms with van der Waals surface area (Å²) in [6, 6.07) is 24.7. The van der Waals surface area contributed by atoms with Gasteiger partial charge in [-0.3, -0.25) is 0 Å². The molecule has 0 unspecified atom stereocenters. The minimum Gasteiger partial charge on any atom is -0.489 e. The zero-order valence-electron chi connectivity index (χ0n) is 24.7. The van der Waals surface area contributed by atoms with Crippen molar-refractivity contribution in [2.45, 2.75) is 59.9 Å². The molecule has 0 saturated heterocycles. The van der Waals surface area contributed by atoms with Crippen molar-refractivity contribution >= 4 is 99.6 Å². The fourth-order valence-electron chi connectivity index (χ4n) is 4.95. The van der Waals surface area contributed by atoms with Crippen LogP contribution in [0.4, 0.5) is 0 Å². The fourth-order valence-corrected chi connectivity index (χ4v) is 6.03. The summed E-state index contributed by atoms with van der Waals surface area (Å²) >= 11 is 13.4. The van der Waals surface area contributed by atoms with E-state index in [1.807, 2.05) is 36.4 Å². The summed E-state index contributed by atoms with van der Waals surface area (Å²) < 4.78 is 22.7. The number of hydrogen-bond acceptors (Lipinski definition) is 3. The van der Waals surface area contributed by atoms with Crippen molar-refractivity contribution in [3.05, 3.63) is 117 Å². The van der Waals surface area contributed by atoms with Crippen molar-refractivity contribution in [2.75, 3.05) is 10.7 Å². The average Bonchev–Trinajstić information content (AvgIpc) is 3.03. The van der Waals surface area contributed by atoms with E-state index in [2.05, 4.69) is 157 Å². The van der Waals surface area contributed by atoms with Gasteiger partial charge in [0, 0.05) is 21.4 Å². The molecule has 43 heavy (non-hydrogen) atoms. The van der Waals surface area contributed by atoms with Gasteiger partial charge < -0.3 is 14.2 Å². The summed E-state index contributed by atoms with van der Waals surface area (Å²) in [4.78, 5) is 0. The molecule has 0 fully saturated rings. The van der Waals surface area contributed by atoms with Crippen LogP contribution in [0, 0.1) is 10.7 Å². The minimum absolute atomic E-state index is 0.518. The molecule has 4 rings (SSSR count). The van der Waals surface area contributed by atoms with E-state index in [1.165, 1.54) is 44.1 Å². The molecule has 4 aromatic rings. The predicted molar refractivity (Wildman–Crippen MR) is 213 cm³/mol. The van der Waals surface area contributed by atoms with Crippen LogP contribution in [0.2, 0.25) is 0 Å². The number of rotatable bonds is 13. The van der Waals surface area contributed by atoms with Crippen LogP contribution in [-0.2, 0) is 39.1 Å². The lowest BCUT2D eigenvalue weighted by Gasteiger charge is -2.26. The summed E-state index contributed by atoms with van der Waals surface area (Å²) in [5, 5.41) is 2.10. The molecule has 0 radical (unpaired) electrons. The van der Waals surface area contributed by atoms with Crippen molar-refractivity contribution < 1.29 is 14.2 Å². The number of ether oxygens (including phenoxy) is 3. The van der Waals surface area contributed by atoms with E-state index in [0.29, 0.717) is 19.8 Å². The molecule has 0 amide bonds. The maximum atomic E-state index is 6.38. The standard InChI is InChI=1S/C33H33I3O3.C2H4Br2/c1-4-28-31(19-37-25-13-7-22(34)8-14-25)29(5-2)33(21-39-27-17-11-24(36)12-18-27)30(6-3)32(28)20-38-26-15-9-23(35)10-16-26;3-1-2-4/h7-18H,4-6,19-21H2,1-3H3;1-2H2. The molecule has 0 spiro atoms. The van der Waals surface area contributed by atoms with Gasteiger partial charge >= 0.3 is 0 Å². The molecule has 4 aromatic carbocycles. The van der Waals surface area contributed by atoms with Crippen LogP contribution in [0.3, 0.4) is 0 Å². The Bertz CT molecular complexity index is 1220. The fraction of sp³-hybridized carbons (Fsp3) is 0.314. The summed E-state index contributed by atoms with van der Waals surface area (Å²) in [7, 11) is 0. The Labute approximate surface area is 314 Å². The Morgan fingerprint density at radius 1 is 0.419 bits per heavy atom. The van der Waals surface area contributed by atoms with Crippen LogP contribution < -0.4 is 14.2 Å². The van der Waals surface area contributed by atoms with Gasteiger partial charge in [-0.15, -0.1) is 0 Å². The smallest absolute Gasteiger partial charge is 0.119 e. The highest BCUT2D eigenvalue weighted by atomic mass is 127. The maximum absolute atomic E-state index is 6.38. The number of benzene rings is 4. The molecule has 0 aliphatic rings. The zero-order chi connectivity index (χ0) is 31.2. The first-order chi connectivity index (χ1) is 20.8. The molecular weight excluding hydrogens is 1010 g/mol. The largest absolute Gasteiger partial charge is 0.489 e. The number of halogens is 5. The van der Waals surface area contributed by atoms with E-state index in [9.17, 15) is 0 Å². The molecule has 0 aliphatic heterocycles. The predicted octanol–water partition coefficient (Wildman–Crippen LogP) is 11.7. The number of hydrogen-bond donors (Lipinski definition) is 0. The van der Waals surface area contributed by atoms with Gasteiger partial charge in [-0.2, -0.15) is 0 Å². The van der Waals surface area contributed by atoms with E-state index in [0.717, 1.165) is 47.2 Å². The lowest BCUT2D eigenvalue weighted by molar-refractivity contribution is 0.288. The Morgan fingerprint density at radius 2 is 0.651 bits per heavy atom. The third-order valence-electron chi connectivity index (χ3n) is 6.91. The third kappa shape index (κ3) is 11.3. The quantitative estimate of drug-likeness (QED) is 0.0987. The van der Waals surface area contributed by atoms with Gasteiger partial charge in [0.05, 0.1) is 0 Å². The second-order valence-electron chi connectivity index (χ2n) is 9.54. The monoisotopic (exact) mass is 1040 g/mol. The SMILES string of the molecule is BrCCBr.CCc1c(COc2ccc(I)cc2)c(CC)c(COc2ccc(I)cc2)c(CC)c1COc1ccc(I)cc1. The van der Waals surface area contributed by atoms with Gasteiger partial charge in [-0.25, -0.2) is 0 Å².